The second-order valence-electron chi connectivity index (χ2n) is 7.73. The van der Waals surface area contributed by atoms with Crippen molar-refractivity contribution in [2.24, 2.45) is 0 Å². The Labute approximate surface area is 167 Å². The number of carbonyl (C=O) groups is 1. The van der Waals surface area contributed by atoms with E-state index in [1.54, 1.807) is 35.2 Å². The summed E-state index contributed by atoms with van der Waals surface area (Å²) in [7, 11) is 0. The highest BCUT2D eigenvalue weighted by molar-refractivity contribution is 5.95. The summed E-state index contributed by atoms with van der Waals surface area (Å²) in [6, 6.07) is 12.9. The molecule has 2 aliphatic rings. The predicted molar refractivity (Wildman–Crippen MR) is 103 cm³/mol. The Kier molecular flexibility index (Phi) is 4.39. The van der Waals surface area contributed by atoms with Crippen molar-refractivity contribution in [2.75, 3.05) is 6.54 Å². The van der Waals surface area contributed by atoms with E-state index in [-0.39, 0.29) is 24.3 Å². The largest absolute Gasteiger partial charge is 0.391 e. The molecule has 2 aromatic carbocycles. The van der Waals surface area contributed by atoms with E-state index in [2.05, 4.69) is 10.1 Å². The predicted octanol–water partition coefficient (Wildman–Crippen LogP) is 3.70. The molecule has 2 atom stereocenters. The maximum atomic E-state index is 13.3. The first-order valence-corrected chi connectivity index (χ1v) is 9.77. The fourth-order valence-electron chi connectivity index (χ4n) is 3.84. The molecule has 148 valence electrons. The standard InChI is InChI=1S/C22H20FN3O3/c23-17-8-6-13(7-9-17)19-11-18(27)12-26(19)22(28)16-3-1-2-15(10-16)20-24-21(29-25-20)14-4-5-14/h1-3,6-10,14,18-19,27H,4-5,11-12H2/t18-,19+/m1/s1. The average Bonchev–Trinajstić information content (AvgIpc) is 3.33. The van der Waals surface area contributed by atoms with Gasteiger partial charge in [0.05, 0.1) is 12.1 Å². The highest BCUT2D eigenvalue weighted by atomic mass is 19.1. The minimum atomic E-state index is -0.615. The lowest BCUT2D eigenvalue weighted by molar-refractivity contribution is 0.0716. The van der Waals surface area contributed by atoms with Gasteiger partial charge in [0.2, 0.25) is 11.7 Å². The molecule has 1 aromatic heterocycles. The number of hydrogen-bond acceptors (Lipinski definition) is 5. The molecule has 3 aromatic rings. The van der Waals surface area contributed by atoms with E-state index in [4.69, 9.17) is 4.52 Å². The fraction of sp³-hybridized carbons (Fsp3) is 0.318. The van der Waals surface area contributed by atoms with E-state index in [1.807, 2.05) is 6.07 Å². The Morgan fingerprint density at radius 1 is 1.17 bits per heavy atom. The van der Waals surface area contributed by atoms with Gasteiger partial charge in [-0.25, -0.2) is 4.39 Å². The first kappa shape index (κ1) is 18.0. The molecular formula is C22H20FN3O3. The summed E-state index contributed by atoms with van der Waals surface area (Å²) in [6.45, 7) is 0.235. The smallest absolute Gasteiger partial charge is 0.254 e. The van der Waals surface area contributed by atoms with E-state index in [0.29, 0.717) is 35.2 Å². The van der Waals surface area contributed by atoms with Crippen molar-refractivity contribution in [1.29, 1.82) is 0 Å². The van der Waals surface area contributed by atoms with Crippen LogP contribution < -0.4 is 0 Å². The van der Waals surface area contributed by atoms with E-state index in [1.165, 1.54) is 12.1 Å². The van der Waals surface area contributed by atoms with Gasteiger partial charge in [-0.05, 0) is 49.1 Å². The van der Waals surface area contributed by atoms with Crippen LogP contribution in [0.1, 0.15) is 53.0 Å². The summed E-state index contributed by atoms with van der Waals surface area (Å²) in [5.41, 5.74) is 2.01. The number of amides is 1. The molecule has 2 fully saturated rings. The molecule has 1 aliphatic carbocycles. The molecule has 0 spiro atoms. The summed E-state index contributed by atoms with van der Waals surface area (Å²) in [5, 5.41) is 14.2. The molecule has 6 nitrogen and oxygen atoms in total. The van der Waals surface area contributed by atoms with Gasteiger partial charge in [0.25, 0.3) is 5.91 Å². The first-order valence-electron chi connectivity index (χ1n) is 9.77. The normalized spacial score (nSPS) is 21.5. The molecule has 7 heteroatoms. The topological polar surface area (TPSA) is 79.5 Å². The van der Waals surface area contributed by atoms with Gasteiger partial charge in [0, 0.05) is 23.6 Å². The number of hydrogen-bond donors (Lipinski definition) is 1. The van der Waals surface area contributed by atoms with Crippen LogP contribution in [0.5, 0.6) is 0 Å². The second kappa shape index (κ2) is 7.08. The van der Waals surface area contributed by atoms with Crippen LogP contribution in [0.4, 0.5) is 4.39 Å². The lowest BCUT2D eigenvalue weighted by atomic mass is 10.0. The van der Waals surface area contributed by atoms with Crippen LogP contribution in [-0.2, 0) is 0 Å². The van der Waals surface area contributed by atoms with Crippen molar-refractivity contribution >= 4 is 5.91 Å². The molecule has 1 saturated carbocycles. The Hall–Kier alpha value is -3.06. The second-order valence-corrected chi connectivity index (χ2v) is 7.73. The van der Waals surface area contributed by atoms with Crippen molar-refractivity contribution in [2.45, 2.75) is 37.3 Å². The highest BCUT2D eigenvalue weighted by Gasteiger charge is 2.36. The molecule has 2 heterocycles. The number of aliphatic hydroxyl groups is 1. The third-order valence-electron chi connectivity index (χ3n) is 5.53. The molecule has 1 saturated heterocycles. The molecule has 5 rings (SSSR count). The van der Waals surface area contributed by atoms with Gasteiger partial charge in [-0.2, -0.15) is 4.98 Å². The number of aromatic nitrogens is 2. The summed E-state index contributed by atoms with van der Waals surface area (Å²) < 4.78 is 18.6. The van der Waals surface area contributed by atoms with Crippen LogP contribution in [0.15, 0.2) is 53.1 Å². The van der Waals surface area contributed by atoms with Crippen LogP contribution in [0.2, 0.25) is 0 Å². The van der Waals surface area contributed by atoms with Crippen LogP contribution in [0, 0.1) is 5.82 Å². The Morgan fingerprint density at radius 2 is 1.97 bits per heavy atom. The highest BCUT2D eigenvalue weighted by Crippen LogP contribution is 2.39. The molecule has 1 aliphatic heterocycles. The van der Waals surface area contributed by atoms with Gasteiger partial charge < -0.3 is 14.5 Å². The van der Waals surface area contributed by atoms with Crippen LogP contribution >= 0.6 is 0 Å². The first-order chi connectivity index (χ1) is 14.1. The van der Waals surface area contributed by atoms with Gasteiger partial charge in [-0.1, -0.05) is 29.4 Å². The number of benzene rings is 2. The number of β-amino-alcohol motifs (C(OH)–C–C–N with tert-alkyl or cyclic N) is 1. The van der Waals surface area contributed by atoms with E-state index in [0.717, 1.165) is 18.4 Å². The number of rotatable bonds is 4. The molecule has 0 bridgehead atoms. The van der Waals surface area contributed by atoms with Gasteiger partial charge >= 0.3 is 0 Å². The lowest BCUT2D eigenvalue weighted by Gasteiger charge is -2.25. The average molecular weight is 393 g/mol. The number of halogens is 1. The zero-order valence-electron chi connectivity index (χ0n) is 15.7. The quantitative estimate of drug-likeness (QED) is 0.731. The minimum absolute atomic E-state index is 0.191. The zero-order valence-corrected chi connectivity index (χ0v) is 15.7. The van der Waals surface area contributed by atoms with Gasteiger partial charge in [0.15, 0.2) is 0 Å². The maximum Gasteiger partial charge on any atom is 0.254 e. The Balaban J connectivity index is 1.42. The molecule has 1 N–H and O–H groups in total. The van der Waals surface area contributed by atoms with Gasteiger partial charge in [-0.3, -0.25) is 4.79 Å². The lowest BCUT2D eigenvalue weighted by Crippen LogP contribution is -2.31. The Bertz CT molecular complexity index is 1050. The minimum Gasteiger partial charge on any atom is -0.391 e. The maximum absolute atomic E-state index is 13.3. The molecule has 1 amide bonds. The molecule has 0 unspecified atom stereocenters. The van der Waals surface area contributed by atoms with Crippen LogP contribution in [0.25, 0.3) is 11.4 Å². The third-order valence-corrected chi connectivity index (χ3v) is 5.53. The number of nitrogens with zero attached hydrogens (tertiary/aromatic N) is 3. The van der Waals surface area contributed by atoms with E-state index < -0.39 is 6.10 Å². The fourth-order valence-corrected chi connectivity index (χ4v) is 3.84. The van der Waals surface area contributed by atoms with Crippen molar-refractivity contribution in [3.05, 3.63) is 71.4 Å². The summed E-state index contributed by atoms with van der Waals surface area (Å²) in [5.74, 6) is 0.963. The Morgan fingerprint density at radius 3 is 2.72 bits per heavy atom. The van der Waals surface area contributed by atoms with Crippen molar-refractivity contribution < 1.29 is 18.8 Å². The summed E-state index contributed by atoms with van der Waals surface area (Å²) in [6.07, 6.45) is 1.95. The molecular weight excluding hydrogens is 373 g/mol. The van der Waals surface area contributed by atoms with Gasteiger partial charge in [0.1, 0.15) is 5.82 Å². The van der Waals surface area contributed by atoms with Crippen LogP contribution in [-0.4, -0.2) is 38.7 Å². The summed E-state index contributed by atoms with van der Waals surface area (Å²) >= 11 is 0. The number of carbonyl (C=O) groups excluding carboxylic acids is 1. The molecule has 0 radical (unpaired) electrons. The van der Waals surface area contributed by atoms with E-state index >= 15 is 0 Å². The van der Waals surface area contributed by atoms with E-state index in [9.17, 15) is 14.3 Å². The monoisotopic (exact) mass is 393 g/mol. The van der Waals surface area contributed by atoms with Crippen LogP contribution in [0.3, 0.4) is 0 Å². The third kappa shape index (κ3) is 3.53. The SMILES string of the molecule is O=C(c1cccc(-c2noc(C3CC3)n2)c1)N1C[C@H](O)C[C@H]1c1ccc(F)cc1. The van der Waals surface area contributed by atoms with Crippen molar-refractivity contribution in [1.82, 2.24) is 15.0 Å². The zero-order chi connectivity index (χ0) is 20.0. The van der Waals surface area contributed by atoms with Gasteiger partial charge in [-0.15, -0.1) is 0 Å². The molecule has 29 heavy (non-hydrogen) atoms. The van der Waals surface area contributed by atoms with Crippen molar-refractivity contribution in [3.8, 4) is 11.4 Å². The number of likely N-dealkylation sites (tertiary alicyclic amines) is 1. The van der Waals surface area contributed by atoms with Crippen molar-refractivity contribution in [3.63, 3.8) is 0 Å². The summed E-state index contributed by atoms with van der Waals surface area (Å²) in [4.78, 5) is 19.3. The number of aliphatic hydroxyl groups excluding tert-OH is 1.